The number of piperidine rings is 1. The van der Waals surface area contributed by atoms with Crippen LogP contribution in [0.4, 0.5) is 14.5 Å². The first-order valence-corrected chi connectivity index (χ1v) is 11.2. The van der Waals surface area contributed by atoms with Crippen LogP contribution in [0.3, 0.4) is 0 Å². The summed E-state index contributed by atoms with van der Waals surface area (Å²) in [7, 11) is 1.89. The Morgan fingerprint density at radius 2 is 2.09 bits per heavy atom. The number of hydrogen-bond donors (Lipinski definition) is 2. The average Bonchev–Trinajstić information content (AvgIpc) is 2.75. The lowest BCUT2D eigenvalue weighted by atomic mass is 9.80. The lowest BCUT2D eigenvalue weighted by Gasteiger charge is -2.46. The first kappa shape index (κ1) is 25.8. The molecule has 0 radical (unpaired) electrons. The van der Waals surface area contributed by atoms with Crippen molar-refractivity contribution in [1.29, 1.82) is 0 Å². The molecule has 1 aliphatic rings. The van der Waals surface area contributed by atoms with Gasteiger partial charge < -0.3 is 20.3 Å². The van der Waals surface area contributed by atoms with Crippen molar-refractivity contribution in [3.8, 4) is 0 Å². The van der Waals surface area contributed by atoms with Gasteiger partial charge in [0.1, 0.15) is 4.61 Å². The number of benzene rings is 1. The number of oxime groups is 1. The molecule has 9 heteroatoms. The molecule has 1 aliphatic heterocycles. The molecular weight excluding hydrogens is 482 g/mol. The lowest BCUT2D eigenvalue weighted by molar-refractivity contribution is -0.120. The Kier molecular flexibility index (Phi) is 8.45. The standard InChI is InChI=1S/C23H31BrF2N4O2/c1-7-27-22(24)21(29(6)15(3)23(4,5)14(2)28-32)19-9-8-10-20(31)30(19)16-11-12-17(25)18(26)13-16/h7,11-13,15,19,27,32H,1,8-10H2,2-6H3/b22-21-,28-14-/t15-,19?/m1/s1. The van der Waals surface area contributed by atoms with E-state index in [0.717, 1.165) is 17.8 Å². The maximum Gasteiger partial charge on any atom is 0.227 e. The molecule has 1 amide bonds. The predicted octanol–water partition coefficient (Wildman–Crippen LogP) is 5.34. The summed E-state index contributed by atoms with van der Waals surface area (Å²) in [4.78, 5) is 16.5. The van der Waals surface area contributed by atoms with Gasteiger partial charge in [0.25, 0.3) is 0 Å². The third kappa shape index (κ3) is 5.14. The average molecular weight is 513 g/mol. The van der Waals surface area contributed by atoms with Crippen molar-refractivity contribution < 1.29 is 18.8 Å². The van der Waals surface area contributed by atoms with E-state index in [0.29, 0.717) is 35.3 Å². The minimum absolute atomic E-state index is 0.156. The first-order chi connectivity index (χ1) is 15.0. The lowest BCUT2D eigenvalue weighted by Crippen LogP contribution is -2.53. The predicted molar refractivity (Wildman–Crippen MR) is 127 cm³/mol. The number of nitrogens with zero attached hydrogens (tertiary/aromatic N) is 3. The molecule has 1 heterocycles. The molecule has 0 bridgehead atoms. The van der Waals surface area contributed by atoms with E-state index in [9.17, 15) is 18.8 Å². The van der Waals surface area contributed by atoms with Gasteiger partial charge in [-0.1, -0.05) is 25.6 Å². The second kappa shape index (κ2) is 10.5. The maximum absolute atomic E-state index is 14.0. The molecule has 0 saturated carbocycles. The maximum atomic E-state index is 14.0. The molecule has 32 heavy (non-hydrogen) atoms. The fourth-order valence-corrected chi connectivity index (χ4v) is 4.62. The van der Waals surface area contributed by atoms with Gasteiger partial charge in [-0.3, -0.25) is 4.79 Å². The molecule has 1 aromatic carbocycles. The highest BCUT2D eigenvalue weighted by Gasteiger charge is 2.40. The normalized spacial score (nSPS) is 19.4. The van der Waals surface area contributed by atoms with Crippen molar-refractivity contribution in [2.24, 2.45) is 10.6 Å². The number of anilines is 1. The molecule has 1 aromatic rings. The van der Waals surface area contributed by atoms with E-state index in [1.165, 1.54) is 17.2 Å². The summed E-state index contributed by atoms with van der Waals surface area (Å²) in [5.74, 6) is -2.14. The zero-order valence-corrected chi connectivity index (χ0v) is 20.7. The molecular formula is C23H31BrF2N4O2. The second-order valence-corrected chi connectivity index (χ2v) is 9.30. The van der Waals surface area contributed by atoms with Crippen LogP contribution in [0.2, 0.25) is 0 Å². The highest BCUT2D eigenvalue weighted by atomic mass is 79.9. The van der Waals surface area contributed by atoms with Gasteiger partial charge in [-0.25, -0.2) is 8.78 Å². The van der Waals surface area contributed by atoms with Gasteiger partial charge >= 0.3 is 0 Å². The van der Waals surface area contributed by atoms with Crippen LogP contribution in [-0.2, 0) is 4.79 Å². The van der Waals surface area contributed by atoms with E-state index >= 15 is 0 Å². The van der Waals surface area contributed by atoms with Crippen LogP contribution in [-0.4, -0.2) is 40.9 Å². The Balaban J connectivity index is 2.61. The molecule has 1 unspecified atom stereocenters. The van der Waals surface area contributed by atoms with Gasteiger partial charge in [-0.2, -0.15) is 0 Å². The summed E-state index contributed by atoms with van der Waals surface area (Å²) < 4.78 is 28.2. The van der Waals surface area contributed by atoms with E-state index in [2.05, 4.69) is 33.0 Å². The van der Waals surface area contributed by atoms with Crippen LogP contribution >= 0.6 is 15.9 Å². The number of carbonyl (C=O) groups excluding carboxylic acids is 1. The van der Waals surface area contributed by atoms with Crippen molar-refractivity contribution >= 4 is 33.2 Å². The molecule has 0 aromatic heterocycles. The van der Waals surface area contributed by atoms with Gasteiger partial charge in [0.05, 0.1) is 17.5 Å². The van der Waals surface area contributed by atoms with Gasteiger partial charge in [0.15, 0.2) is 11.6 Å². The third-order valence-electron chi connectivity index (χ3n) is 6.49. The SMILES string of the molecule is C=CN/C(Br)=C(/C1CCCC(=O)N1c1ccc(F)c(F)c1)N(C)[C@H](C)C(C)(C)/C(C)=N\O. The topological polar surface area (TPSA) is 68.2 Å². The molecule has 6 nitrogen and oxygen atoms in total. The van der Waals surface area contributed by atoms with Crippen molar-refractivity contribution in [3.05, 3.63) is 52.9 Å². The van der Waals surface area contributed by atoms with Crippen LogP contribution in [0.25, 0.3) is 0 Å². The molecule has 2 atom stereocenters. The summed E-state index contributed by atoms with van der Waals surface area (Å²) in [5.41, 5.74) is 1.08. The summed E-state index contributed by atoms with van der Waals surface area (Å²) in [6.07, 6.45) is 3.11. The minimum atomic E-state index is -1.01. The number of hydrogen-bond acceptors (Lipinski definition) is 5. The molecule has 2 rings (SSSR count). The monoisotopic (exact) mass is 512 g/mol. The molecule has 176 valence electrons. The second-order valence-electron chi connectivity index (χ2n) is 8.51. The van der Waals surface area contributed by atoms with Crippen molar-refractivity contribution in [1.82, 2.24) is 10.2 Å². The number of halogens is 3. The number of rotatable bonds is 8. The molecule has 0 spiro atoms. The van der Waals surface area contributed by atoms with Crippen LogP contribution in [0.1, 0.15) is 47.0 Å². The van der Waals surface area contributed by atoms with Gasteiger partial charge in [-0.15, -0.1) is 0 Å². The van der Waals surface area contributed by atoms with E-state index in [1.54, 1.807) is 6.92 Å². The zero-order valence-electron chi connectivity index (χ0n) is 19.1. The Bertz CT molecular complexity index is 933. The van der Waals surface area contributed by atoms with Gasteiger partial charge in [0, 0.05) is 36.7 Å². The minimum Gasteiger partial charge on any atom is -0.411 e. The molecule has 0 aliphatic carbocycles. The highest BCUT2D eigenvalue weighted by molar-refractivity contribution is 9.11. The van der Waals surface area contributed by atoms with Crippen molar-refractivity contribution in [3.63, 3.8) is 0 Å². The van der Waals surface area contributed by atoms with Gasteiger partial charge in [0.2, 0.25) is 5.91 Å². The summed E-state index contributed by atoms with van der Waals surface area (Å²) in [6, 6.07) is 2.89. The number of likely N-dealkylation sites (N-methyl/N-ethyl adjacent to an activating group) is 1. The van der Waals surface area contributed by atoms with Crippen molar-refractivity contribution in [2.45, 2.75) is 59.0 Å². The first-order valence-electron chi connectivity index (χ1n) is 10.4. The van der Waals surface area contributed by atoms with Crippen LogP contribution in [0.15, 0.2) is 46.4 Å². The zero-order chi connectivity index (χ0) is 24.2. The number of nitrogens with one attached hydrogen (secondary N) is 1. The van der Waals surface area contributed by atoms with Gasteiger partial charge in [-0.05, 0) is 61.0 Å². The van der Waals surface area contributed by atoms with E-state index in [1.807, 2.05) is 32.7 Å². The largest absolute Gasteiger partial charge is 0.411 e. The fourth-order valence-electron chi connectivity index (χ4n) is 3.91. The van der Waals surface area contributed by atoms with Crippen LogP contribution in [0, 0.1) is 17.0 Å². The third-order valence-corrected chi connectivity index (χ3v) is 7.12. The Morgan fingerprint density at radius 3 is 2.66 bits per heavy atom. The highest BCUT2D eigenvalue weighted by Crippen LogP contribution is 2.37. The smallest absolute Gasteiger partial charge is 0.227 e. The van der Waals surface area contributed by atoms with E-state index in [4.69, 9.17) is 0 Å². The fraction of sp³-hybridized carbons (Fsp3) is 0.478. The summed E-state index contributed by atoms with van der Waals surface area (Å²) >= 11 is 3.58. The Morgan fingerprint density at radius 1 is 1.44 bits per heavy atom. The van der Waals surface area contributed by atoms with Crippen LogP contribution < -0.4 is 10.2 Å². The number of amides is 1. The quantitative estimate of drug-likeness (QED) is 0.213. The molecule has 2 N–H and O–H groups in total. The van der Waals surface area contributed by atoms with Crippen LogP contribution in [0.5, 0.6) is 0 Å². The number of carbonyl (C=O) groups is 1. The van der Waals surface area contributed by atoms with E-state index in [-0.39, 0.29) is 11.9 Å². The molecule has 1 saturated heterocycles. The van der Waals surface area contributed by atoms with E-state index < -0.39 is 23.1 Å². The van der Waals surface area contributed by atoms with Crippen molar-refractivity contribution in [2.75, 3.05) is 11.9 Å². The molecule has 1 fully saturated rings. The summed E-state index contributed by atoms with van der Waals surface area (Å²) in [6.45, 7) is 11.4. The Hall–Kier alpha value is -2.42. The summed E-state index contributed by atoms with van der Waals surface area (Å²) in [5, 5.41) is 15.8. The Labute approximate surface area is 196 Å².